The maximum Gasteiger partial charge on any atom is 0.299 e. The van der Waals surface area contributed by atoms with Gasteiger partial charge in [-0.2, -0.15) is 8.42 Å². The number of hydrogen-bond acceptors (Lipinski definition) is 4. The minimum atomic E-state index is -4.04. The summed E-state index contributed by atoms with van der Waals surface area (Å²) in [6, 6.07) is 0. The van der Waals surface area contributed by atoms with Gasteiger partial charge in [0, 0.05) is 0 Å². The fourth-order valence-electron chi connectivity index (χ4n) is 3.42. The SMILES string of the molecule is CCCCCCCCCCCOS(=O)(=O)C(F)CCCCCCCCCCC.CNC. The van der Waals surface area contributed by atoms with Gasteiger partial charge < -0.3 is 5.32 Å². The molecule has 0 aliphatic heterocycles. The largest absolute Gasteiger partial charge is 0.323 e. The van der Waals surface area contributed by atoms with E-state index in [1.807, 2.05) is 14.1 Å². The van der Waals surface area contributed by atoms with Crippen molar-refractivity contribution < 1.29 is 17.0 Å². The molecule has 0 aromatic heterocycles. The normalized spacial score (nSPS) is 12.4. The third-order valence-corrected chi connectivity index (χ3v) is 6.70. The standard InChI is InChI=1S/C23H47FO3S.C2H7N/c1-3-5-7-9-11-13-15-17-19-21-23(24)28(25,26)27-22-20-18-16-14-12-10-8-6-4-2;1-3-2/h23H,3-22H2,1-2H3;3H,1-2H3. The highest BCUT2D eigenvalue weighted by Crippen LogP contribution is 2.17. The van der Waals surface area contributed by atoms with E-state index in [2.05, 4.69) is 19.2 Å². The number of halogens is 1. The van der Waals surface area contributed by atoms with Crippen LogP contribution in [0.25, 0.3) is 0 Å². The Morgan fingerprint density at radius 2 is 0.968 bits per heavy atom. The molecule has 0 aliphatic rings. The van der Waals surface area contributed by atoms with E-state index in [0.717, 1.165) is 25.7 Å². The Bertz CT molecular complexity index is 432. The topological polar surface area (TPSA) is 55.4 Å². The minimum absolute atomic E-state index is 0.0654. The van der Waals surface area contributed by atoms with Crippen molar-refractivity contribution in [2.75, 3.05) is 20.7 Å². The predicted octanol–water partition coefficient (Wildman–Crippen LogP) is 7.92. The second kappa shape index (κ2) is 26.1. The van der Waals surface area contributed by atoms with Crippen molar-refractivity contribution in [2.45, 2.75) is 141 Å². The van der Waals surface area contributed by atoms with E-state index in [-0.39, 0.29) is 13.0 Å². The van der Waals surface area contributed by atoms with E-state index < -0.39 is 15.6 Å². The molecule has 1 atom stereocenters. The van der Waals surface area contributed by atoms with Gasteiger partial charge in [-0.15, -0.1) is 0 Å². The van der Waals surface area contributed by atoms with Crippen molar-refractivity contribution in [1.82, 2.24) is 5.32 Å². The Labute approximate surface area is 194 Å². The number of rotatable bonds is 22. The number of alkyl halides is 1. The summed E-state index contributed by atoms with van der Waals surface area (Å²) >= 11 is 0. The Kier molecular flexibility index (Phi) is 27.7. The fourth-order valence-corrected chi connectivity index (χ4v) is 4.37. The van der Waals surface area contributed by atoms with Gasteiger partial charge in [0.25, 0.3) is 10.1 Å². The van der Waals surface area contributed by atoms with E-state index in [0.29, 0.717) is 12.8 Å². The molecule has 0 radical (unpaired) electrons. The van der Waals surface area contributed by atoms with Crippen molar-refractivity contribution >= 4 is 10.1 Å². The average molecular weight is 468 g/mol. The van der Waals surface area contributed by atoms with Crippen LogP contribution in [0.3, 0.4) is 0 Å². The van der Waals surface area contributed by atoms with E-state index in [4.69, 9.17) is 4.18 Å². The maximum atomic E-state index is 14.0. The van der Waals surface area contributed by atoms with Gasteiger partial charge in [-0.3, -0.25) is 4.18 Å². The molecule has 0 bridgehead atoms. The summed E-state index contributed by atoms with van der Waals surface area (Å²) in [4.78, 5) is 0. The number of hydrogen-bond donors (Lipinski definition) is 1. The van der Waals surface area contributed by atoms with Gasteiger partial charge in [0.2, 0.25) is 5.50 Å². The Balaban J connectivity index is 0. The Hall–Kier alpha value is -0.200. The molecule has 0 saturated carbocycles. The quantitative estimate of drug-likeness (QED) is 0.130. The molecule has 0 amide bonds. The minimum Gasteiger partial charge on any atom is -0.323 e. The first-order valence-corrected chi connectivity index (χ1v) is 14.5. The van der Waals surface area contributed by atoms with Gasteiger partial charge in [0.1, 0.15) is 0 Å². The van der Waals surface area contributed by atoms with E-state index in [1.54, 1.807) is 0 Å². The maximum absolute atomic E-state index is 14.0. The lowest BCUT2D eigenvalue weighted by atomic mass is 10.1. The highest BCUT2D eigenvalue weighted by atomic mass is 32.2. The van der Waals surface area contributed by atoms with Crippen LogP contribution in [0.5, 0.6) is 0 Å². The molecule has 31 heavy (non-hydrogen) atoms. The van der Waals surface area contributed by atoms with Crippen molar-refractivity contribution in [1.29, 1.82) is 0 Å². The summed E-state index contributed by atoms with van der Waals surface area (Å²) in [6.45, 7) is 4.55. The molecular weight excluding hydrogens is 413 g/mol. The highest BCUT2D eigenvalue weighted by Gasteiger charge is 2.25. The zero-order chi connectivity index (χ0) is 23.6. The summed E-state index contributed by atoms with van der Waals surface area (Å²) in [5.41, 5.74) is -1.87. The van der Waals surface area contributed by atoms with Gasteiger partial charge >= 0.3 is 0 Å². The molecular formula is C25H54FNO3S. The number of unbranched alkanes of at least 4 members (excludes halogenated alkanes) is 16. The average Bonchev–Trinajstić information content (AvgIpc) is 2.74. The molecule has 190 valence electrons. The van der Waals surface area contributed by atoms with Crippen LogP contribution < -0.4 is 5.32 Å². The molecule has 0 rings (SSSR count). The molecule has 1 unspecified atom stereocenters. The van der Waals surface area contributed by atoms with E-state index in [1.165, 1.54) is 77.0 Å². The lowest BCUT2D eigenvalue weighted by Gasteiger charge is -2.10. The second-order valence-corrected chi connectivity index (χ2v) is 10.4. The third-order valence-electron chi connectivity index (χ3n) is 5.34. The summed E-state index contributed by atoms with van der Waals surface area (Å²) in [5.74, 6) is 0. The molecule has 4 nitrogen and oxygen atoms in total. The first-order chi connectivity index (χ1) is 15.0. The molecule has 0 aromatic carbocycles. The lowest BCUT2D eigenvalue weighted by molar-refractivity contribution is 0.270. The molecule has 1 N–H and O–H groups in total. The molecule has 0 saturated heterocycles. The van der Waals surface area contributed by atoms with Crippen LogP contribution in [-0.4, -0.2) is 34.6 Å². The zero-order valence-electron chi connectivity index (χ0n) is 21.2. The fraction of sp³-hybridized carbons (Fsp3) is 1.00. The molecule has 0 fully saturated rings. The van der Waals surface area contributed by atoms with Gasteiger partial charge in [-0.1, -0.05) is 117 Å². The summed E-state index contributed by atoms with van der Waals surface area (Å²) in [7, 11) is -0.292. The first kappa shape index (κ1) is 33.0. The molecule has 0 spiro atoms. The molecule has 0 aliphatic carbocycles. The van der Waals surface area contributed by atoms with Crippen LogP contribution in [0.1, 0.15) is 136 Å². The monoisotopic (exact) mass is 467 g/mol. The Morgan fingerprint density at radius 1 is 0.645 bits per heavy atom. The summed E-state index contributed by atoms with van der Waals surface area (Å²) < 4.78 is 42.5. The predicted molar refractivity (Wildman–Crippen MR) is 134 cm³/mol. The van der Waals surface area contributed by atoms with Gasteiger partial charge in [0.15, 0.2) is 0 Å². The van der Waals surface area contributed by atoms with Gasteiger partial charge in [-0.25, -0.2) is 4.39 Å². The van der Waals surface area contributed by atoms with E-state index in [9.17, 15) is 12.8 Å². The van der Waals surface area contributed by atoms with Crippen molar-refractivity contribution in [3.8, 4) is 0 Å². The molecule has 6 heteroatoms. The van der Waals surface area contributed by atoms with Gasteiger partial charge in [-0.05, 0) is 33.4 Å². The van der Waals surface area contributed by atoms with Crippen molar-refractivity contribution in [2.24, 2.45) is 0 Å². The van der Waals surface area contributed by atoms with Crippen molar-refractivity contribution in [3.63, 3.8) is 0 Å². The molecule has 0 heterocycles. The van der Waals surface area contributed by atoms with Crippen LogP contribution in [0.4, 0.5) is 4.39 Å². The Morgan fingerprint density at radius 3 is 1.35 bits per heavy atom. The summed E-state index contributed by atoms with van der Waals surface area (Å²) in [5, 5.41) is 2.75. The number of nitrogens with one attached hydrogen (secondary N) is 1. The van der Waals surface area contributed by atoms with Crippen LogP contribution in [0, 0.1) is 0 Å². The van der Waals surface area contributed by atoms with E-state index >= 15 is 0 Å². The smallest absolute Gasteiger partial charge is 0.299 e. The zero-order valence-corrected chi connectivity index (χ0v) is 22.0. The third kappa shape index (κ3) is 25.9. The molecule has 0 aromatic rings. The lowest BCUT2D eigenvalue weighted by Crippen LogP contribution is -2.19. The van der Waals surface area contributed by atoms with Crippen LogP contribution >= 0.6 is 0 Å². The van der Waals surface area contributed by atoms with Gasteiger partial charge in [0.05, 0.1) is 6.61 Å². The van der Waals surface area contributed by atoms with Crippen molar-refractivity contribution in [3.05, 3.63) is 0 Å². The first-order valence-electron chi connectivity index (χ1n) is 13.1. The highest BCUT2D eigenvalue weighted by molar-refractivity contribution is 7.87. The second-order valence-electron chi connectivity index (χ2n) is 8.67. The van der Waals surface area contributed by atoms with Crippen LogP contribution in [0.15, 0.2) is 0 Å². The summed E-state index contributed by atoms with van der Waals surface area (Å²) in [6.07, 6.45) is 20.6. The van der Waals surface area contributed by atoms with Crippen LogP contribution in [0.2, 0.25) is 0 Å². The van der Waals surface area contributed by atoms with Crippen LogP contribution in [-0.2, 0) is 14.3 Å².